The van der Waals surface area contributed by atoms with Gasteiger partial charge in [0.05, 0.1) is 13.2 Å². The highest BCUT2D eigenvalue weighted by molar-refractivity contribution is 4.97. The first-order chi connectivity index (χ1) is 14.3. The lowest BCUT2D eigenvalue weighted by Crippen LogP contribution is -2.33. The van der Waals surface area contributed by atoms with Crippen molar-refractivity contribution in [2.75, 3.05) is 19.8 Å². The zero-order chi connectivity index (χ0) is 22.8. The molecular weight excluding hydrogens is 376 g/mol. The largest absolute Gasteiger partial charge is 0.394 e. The highest BCUT2D eigenvalue weighted by atomic mass is 16.5. The van der Waals surface area contributed by atoms with E-state index in [1.165, 1.54) is 63.4 Å². The maximum absolute atomic E-state index is 9.49. The second-order valence-electron chi connectivity index (χ2n) is 9.94. The summed E-state index contributed by atoms with van der Waals surface area (Å²) in [6.45, 7) is 11.9. The van der Waals surface area contributed by atoms with Gasteiger partial charge in [0.15, 0.2) is 0 Å². The highest BCUT2D eigenvalue weighted by Crippen LogP contribution is 2.22. The van der Waals surface area contributed by atoms with Crippen molar-refractivity contribution >= 4 is 0 Å². The van der Waals surface area contributed by atoms with Gasteiger partial charge in [-0.15, -0.1) is 0 Å². The van der Waals surface area contributed by atoms with Crippen molar-refractivity contribution in [1.29, 1.82) is 0 Å². The molecule has 180 valence electrons. The summed E-state index contributed by atoms with van der Waals surface area (Å²) in [4.78, 5) is 0. The first kappa shape index (κ1) is 29.6. The zero-order valence-corrected chi connectivity index (χ0v) is 20.6. The van der Waals surface area contributed by atoms with Crippen molar-refractivity contribution in [1.82, 2.24) is 0 Å². The van der Waals surface area contributed by atoms with Gasteiger partial charge in [-0.3, -0.25) is 0 Å². The van der Waals surface area contributed by atoms with Crippen LogP contribution >= 0.6 is 0 Å². The number of ether oxygens (including phenoxy) is 1. The van der Waals surface area contributed by atoms with Gasteiger partial charge in [-0.1, -0.05) is 84.3 Å². The van der Waals surface area contributed by atoms with Gasteiger partial charge >= 0.3 is 0 Å². The van der Waals surface area contributed by atoms with Crippen LogP contribution in [0.25, 0.3) is 0 Å². The average molecular weight is 429 g/mol. The molecule has 0 radical (unpaired) electrons. The second kappa shape index (κ2) is 19.3. The lowest BCUT2D eigenvalue weighted by atomic mass is 9.91. The Labute approximate surface area is 187 Å². The van der Waals surface area contributed by atoms with Crippen LogP contribution in [0.2, 0.25) is 0 Å². The summed E-state index contributed by atoms with van der Waals surface area (Å²) in [7, 11) is 0. The van der Waals surface area contributed by atoms with Crippen molar-refractivity contribution in [3.8, 4) is 0 Å². The Bertz CT molecular complexity index is 408. The fraction of sp³-hybridized carbons (Fsp3) is 0.923. The molecule has 4 heteroatoms. The van der Waals surface area contributed by atoms with Crippen LogP contribution in [-0.4, -0.2) is 47.3 Å². The molecule has 0 saturated heterocycles. The van der Waals surface area contributed by atoms with E-state index in [4.69, 9.17) is 9.84 Å². The molecule has 0 aliphatic rings. The lowest BCUT2D eigenvalue weighted by molar-refractivity contribution is -0.0568. The summed E-state index contributed by atoms with van der Waals surface area (Å²) in [6.07, 6.45) is 14.1. The summed E-state index contributed by atoms with van der Waals surface area (Å²) in [5.41, 5.74) is 1.46. The number of aliphatic hydroxyl groups excluding tert-OH is 3. The highest BCUT2D eigenvalue weighted by Gasteiger charge is 2.14. The smallest absolute Gasteiger partial charge is 0.105 e. The molecule has 4 nitrogen and oxygen atoms in total. The van der Waals surface area contributed by atoms with Crippen LogP contribution in [0.4, 0.5) is 0 Å². The third-order valence-electron chi connectivity index (χ3n) is 6.05. The summed E-state index contributed by atoms with van der Waals surface area (Å²) >= 11 is 0. The van der Waals surface area contributed by atoms with Crippen LogP contribution < -0.4 is 0 Å². The normalized spacial score (nSPS) is 16.6. The average Bonchev–Trinajstić information content (AvgIpc) is 2.69. The van der Waals surface area contributed by atoms with Gasteiger partial charge in [-0.05, 0) is 50.4 Å². The summed E-state index contributed by atoms with van der Waals surface area (Å²) in [6, 6.07) is 0. The van der Waals surface area contributed by atoms with Crippen LogP contribution in [0.3, 0.4) is 0 Å². The number of allylic oxidation sites excluding steroid dienone is 2. The van der Waals surface area contributed by atoms with Gasteiger partial charge in [0.1, 0.15) is 12.2 Å². The standard InChI is InChI=1S/C26H52O4/c1-21(2)11-8-13-23(4)15-10-17-24(5)16-9-14-22(3)12-6-7-18-30-20-26(29)25(28)19-27/h12,21,23-29H,6-11,13-20H2,1-5H3/b22-12+/t23?,24?,25-,26+/m1/s1. The topological polar surface area (TPSA) is 69.9 Å². The fourth-order valence-corrected chi connectivity index (χ4v) is 3.78. The van der Waals surface area contributed by atoms with E-state index >= 15 is 0 Å². The number of unbranched alkanes of at least 4 members (excludes halogenated alkanes) is 1. The van der Waals surface area contributed by atoms with Crippen molar-refractivity contribution < 1.29 is 20.1 Å². The Morgan fingerprint density at radius 1 is 0.800 bits per heavy atom. The van der Waals surface area contributed by atoms with Crippen LogP contribution in [-0.2, 0) is 4.74 Å². The molecule has 0 fully saturated rings. The third-order valence-corrected chi connectivity index (χ3v) is 6.05. The molecule has 0 aromatic carbocycles. The minimum absolute atomic E-state index is 0.0685. The molecule has 0 aromatic rings. The summed E-state index contributed by atoms with van der Waals surface area (Å²) in [5.74, 6) is 2.55. The van der Waals surface area contributed by atoms with E-state index in [9.17, 15) is 10.2 Å². The maximum Gasteiger partial charge on any atom is 0.105 e. The van der Waals surface area contributed by atoms with E-state index in [-0.39, 0.29) is 6.61 Å². The SMILES string of the molecule is C/C(=C\CCCOC[C@H](O)[C@H](O)CO)CCCC(C)CCCC(C)CCCC(C)C. The second-order valence-corrected chi connectivity index (χ2v) is 9.94. The van der Waals surface area contributed by atoms with Gasteiger partial charge in [-0.25, -0.2) is 0 Å². The van der Waals surface area contributed by atoms with E-state index in [0.29, 0.717) is 6.61 Å². The quantitative estimate of drug-likeness (QED) is 0.167. The lowest BCUT2D eigenvalue weighted by Gasteiger charge is -2.15. The molecule has 0 bridgehead atoms. The predicted molar refractivity (Wildman–Crippen MR) is 128 cm³/mol. The van der Waals surface area contributed by atoms with Crippen molar-refractivity contribution in [2.45, 2.75) is 117 Å². The Balaban J connectivity index is 3.64. The van der Waals surface area contributed by atoms with Crippen LogP contribution in [0.15, 0.2) is 11.6 Å². The number of rotatable bonds is 20. The van der Waals surface area contributed by atoms with Gasteiger partial charge < -0.3 is 20.1 Å². The predicted octanol–water partition coefficient (Wildman–Crippen LogP) is 5.88. The third kappa shape index (κ3) is 18.4. The molecule has 0 amide bonds. The van der Waals surface area contributed by atoms with Gasteiger partial charge in [0.2, 0.25) is 0 Å². The Morgan fingerprint density at radius 3 is 1.93 bits per heavy atom. The Kier molecular flexibility index (Phi) is 19.0. The molecule has 30 heavy (non-hydrogen) atoms. The minimum Gasteiger partial charge on any atom is -0.394 e. The molecule has 0 aliphatic carbocycles. The molecule has 0 aromatic heterocycles. The van der Waals surface area contributed by atoms with E-state index in [0.717, 1.165) is 30.6 Å². The molecule has 0 heterocycles. The van der Waals surface area contributed by atoms with Gasteiger partial charge in [0, 0.05) is 6.61 Å². The monoisotopic (exact) mass is 428 g/mol. The van der Waals surface area contributed by atoms with E-state index in [1.807, 2.05) is 0 Å². The molecular formula is C26H52O4. The molecule has 3 N–H and O–H groups in total. The maximum atomic E-state index is 9.49. The van der Waals surface area contributed by atoms with E-state index < -0.39 is 18.8 Å². The van der Waals surface area contributed by atoms with E-state index in [1.54, 1.807) is 0 Å². The molecule has 0 rings (SSSR count). The molecule has 0 spiro atoms. The zero-order valence-electron chi connectivity index (χ0n) is 20.6. The molecule has 4 atom stereocenters. The van der Waals surface area contributed by atoms with E-state index in [2.05, 4.69) is 40.7 Å². The molecule has 2 unspecified atom stereocenters. The summed E-state index contributed by atoms with van der Waals surface area (Å²) in [5, 5.41) is 27.5. The van der Waals surface area contributed by atoms with Crippen molar-refractivity contribution in [3.05, 3.63) is 11.6 Å². The molecule has 0 aliphatic heterocycles. The summed E-state index contributed by atoms with van der Waals surface area (Å²) < 4.78 is 5.35. The minimum atomic E-state index is -1.12. The number of aliphatic hydroxyl groups is 3. The first-order valence-electron chi connectivity index (χ1n) is 12.5. The van der Waals surface area contributed by atoms with Gasteiger partial charge in [0.25, 0.3) is 0 Å². The van der Waals surface area contributed by atoms with Crippen LogP contribution in [0.5, 0.6) is 0 Å². The first-order valence-corrected chi connectivity index (χ1v) is 12.5. The Hall–Kier alpha value is -0.420. The molecule has 0 saturated carbocycles. The van der Waals surface area contributed by atoms with Crippen molar-refractivity contribution in [3.63, 3.8) is 0 Å². The van der Waals surface area contributed by atoms with Crippen LogP contribution in [0.1, 0.15) is 105 Å². The fourth-order valence-electron chi connectivity index (χ4n) is 3.78. The number of hydrogen-bond acceptors (Lipinski definition) is 4. The van der Waals surface area contributed by atoms with Crippen molar-refractivity contribution in [2.24, 2.45) is 17.8 Å². The Morgan fingerprint density at radius 2 is 1.37 bits per heavy atom. The van der Waals surface area contributed by atoms with Crippen LogP contribution in [0, 0.1) is 17.8 Å². The van der Waals surface area contributed by atoms with Gasteiger partial charge in [-0.2, -0.15) is 0 Å². The number of hydrogen-bond donors (Lipinski definition) is 3.